The van der Waals surface area contributed by atoms with Gasteiger partial charge in [0.2, 0.25) is 11.8 Å². The van der Waals surface area contributed by atoms with Gasteiger partial charge in [0.1, 0.15) is 24.0 Å². The Hall–Kier alpha value is -4.92. The zero-order valence-corrected chi connectivity index (χ0v) is 22.8. The number of carbonyl (C=O) groups is 4. The summed E-state index contributed by atoms with van der Waals surface area (Å²) in [6, 6.07) is 23.1. The smallest absolute Gasteiger partial charge is 0.411 e. The Balaban J connectivity index is 1.22. The van der Waals surface area contributed by atoms with E-state index in [2.05, 4.69) is 0 Å². The number of likely N-dealkylation sites (tertiary alicyclic amines) is 1. The number of rotatable bonds is 4. The van der Waals surface area contributed by atoms with Crippen LogP contribution in [0.1, 0.15) is 34.3 Å². The van der Waals surface area contributed by atoms with E-state index in [1.165, 1.54) is 11.9 Å². The number of hydrogen-bond acceptors (Lipinski definition) is 6. The van der Waals surface area contributed by atoms with E-state index in [-0.39, 0.29) is 13.2 Å². The van der Waals surface area contributed by atoms with Crippen molar-refractivity contribution in [2.24, 2.45) is 10.8 Å². The van der Waals surface area contributed by atoms with Crippen LogP contribution in [0.4, 0.5) is 9.59 Å². The van der Waals surface area contributed by atoms with E-state index in [0.717, 1.165) is 22.3 Å². The molecule has 0 unspecified atom stereocenters. The molecule has 9 heteroatoms. The Labute approximate surface area is 241 Å². The Morgan fingerprint density at radius 1 is 0.643 bits per heavy atom. The molecule has 0 aliphatic carbocycles. The highest BCUT2D eigenvalue weighted by Gasteiger charge is 2.93. The lowest BCUT2D eigenvalue weighted by Crippen LogP contribution is -2.53. The molecule has 0 radical (unpaired) electrons. The summed E-state index contributed by atoms with van der Waals surface area (Å²) in [7, 11) is 1.50. The van der Waals surface area contributed by atoms with E-state index in [1.54, 1.807) is 9.80 Å². The highest BCUT2D eigenvalue weighted by molar-refractivity contribution is 6.15. The van der Waals surface area contributed by atoms with E-state index in [9.17, 15) is 19.2 Å². The van der Waals surface area contributed by atoms with Gasteiger partial charge in [0.05, 0.1) is 24.2 Å². The molecular formula is C33H27N3O6. The molecule has 6 atom stereocenters. The highest BCUT2D eigenvalue weighted by Crippen LogP contribution is 2.81. The summed E-state index contributed by atoms with van der Waals surface area (Å²) in [6.45, 7) is 0.110. The van der Waals surface area contributed by atoms with Crippen molar-refractivity contribution in [1.29, 1.82) is 0 Å². The average molecular weight is 562 g/mol. The maximum absolute atomic E-state index is 14.4. The summed E-state index contributed by atoms with van der Waals surface area (Å²) < 4.78 is 11.6. The van der Waals surface area contributed by atoms with Gasteiger partial charge in [0.15, 0.2) is 0 Å². The molecule has 0 aromatic heterocycles. The molecule has 5 heterocycles. The molecular weight excluding hydrogens is 534 g/mol. The van der Waals surface area contributed by atoms with Gasteiger partial charge < -0.3 is 9.47 Å². The number of imide groups is 1. The van der Waals surface area contributed by atoms with Crippen molar-refractivity contribution >= 4 is 24.0 Å². The molecule has 210 valence electrons. The summed E-state index contributed by atoms with van der Waals surface area (Å²) >= 11 is 0. The van der Waals surface area contributed by atoms with Crippen LogP contribution in [0.5, 0.6) is 0 Å². The molecule has 8 rings (SSSR count). The van der Waals surface area contributed by atoms with Crippen molar-refractivity contribution in [1.82, 2.24) is 14.7 Å². The number of carbonyl (C=O) groups excluding carboxylic acids is 4. The quantitative estimate of drug-likeness (QED) is 0.347. The van der Waals surface area contributed by atoms with Crippen molar-refractivity contribution in [2.75, 3.05) is 7.05 Å². The van der Waals surface area contributed by atoms with Crippen molar-refractivity contribution in [3.8, 4) is 0 Å². The molecule has 3 saturated heterocycles. The lowest BCUT2D eigenvalue weighted by atomic mass is 9.52. The fourth-order valence-corrected chi connectivity index (χ4v) is 8.48. The maximum Gasteiger partial charge on any atom is 0.411 e. The molecule has 4 amide bonds. The third kappa shape index (κ3) is 2.73. The van der Waals surface area contributed by atoms with Gasteiger partial charge in [-0.2, -0.15) is 0 Å². The van der Waals surface area contributed by atoms with Gasteiger partial charge >= 0.3 is 12.2 Å². The monoisotopic (exact) mass is 561 g/mol. The number of amides is 4. The van der Waals surface area contributed by atoms with Crippen molar-refractivity contribution in [3.05, 3.63) is 119 Å². The van der Waals surface area contributed by atoms with Gasteiger partial charge in [-0.15, -0.1) is 0 Å². The molecule has 4 bridgehead atoms. The number of nitrogens with zero attached hydrogens (tertiary/aromatic N) is 3. The molecule has 0 N–H and O–H groups in total. The average Bonchev–Trinajstić information content (AvgIpc) is 3.79. The third-order valence-electron chi connectivity index (χ3n) is 9.85. The Kier molecular flexibility index (Phi) is 5.05. The van der Waals surface area contributed by atoms with Crippen LogP contribution < -0.4 is 0 Å². The Morgan fingerprint density at radius 3 is 1.50 bits per heavy atom. The fraction of sp³-hybridized carbons (Fsp3) is 0.273. The van der Waals surface area contributed by atoms with E-state index in [1.807, 2.05) is 97.1 Å². The number of fused-ring (bicyclic) bond motifs is 7. The number of hydrogen-bond donors (Lipinski definition) is 0. The minimum Gasteiger partial charge on any atom is -0.445 e. The van der Waals surface area contributed by atoms with Crippen LogP contribution in [0, 0.1) is 10.8 Å². The molecule has 3 aromatic carbocycles. The summed E-state index contributed by atoms with van der Waals surface area (Å²) in [5, 5.41) is 0. The normalized spacial score (nSPS) is 30.9. The van der Waals surface area contributed by atoms with Crippen LogP contribution in [-0.4, -0.2) is 57.8 Å². The minimum atomic E-state index is -1.41. The van der Waals surface area contributed by atoms with Gasteiger partial charge in [-0.1, -0.05) is 97.1 Å². The fourth-order valence-electron chi connectivity index (χ4n) is 8.48. The van der Waals surface area contributed by atoms with Crippen molar-refractivity contribution < 1.29 is 28.7 Å². The van der Waals surface area contributed by atoms with Crippen molar-refractivity contribution in [3.63, 3.8) is 0 Å². The van der Waals surface area contributed by atoms with Crippen LogP contribution in [0.3, 0.4) is 0 Å². The first-order valence-corrected chi connectivity index (χ1v) is 14.0. The third-order valence-corrected chi connectivity index (χ3v) is 9.85. The second-order valence-corrected chi connectivity index (χ2v) is 11.5. The van der Waals surface area contributed by atoms with Crippen molar-refractivity contribution in [2.45, 2.75) is 37.4 Å². The van der Waals surface area contributed by atoms with Crippen LogP contribution in [0.25, 0.3) is 0 Å². The van der Waals surface area contributed by atoms with Gasteiger partial charge in [-0.3, -0.25) is 24.3 Å². The predicted octanol–water partition coefficient (Wildman–Crippen LogP) is 4.37. The van der Waals surface area contributed by atoms with E-state index < -0.39 is 59.0 Å². The first-order chi connectivity index (χ1) is 20.4. The molecule has 5 aliphatic rings. The van der Waals surface area contributed by atoms with E-state index in [4.69, 9.17) is 9.47 Å². The zero-order chi connectivity index (χ0) is 28.8. The van der Waals surface area contributed by atoms with Gasteiger partial charge in [-0.25, -0.2) is 9.59 Å². The summed E-state index contributed by atoms with van der Waals surface area (Å²) in [6.07, 6.45) is 2.46. The minimum absolute atomic E-state index is 0.0524. The van der Waals surface area contributed by atoms with Crippen LogP contribution >= 0.6 is 0 Å². The Bertz CT molecular complexity index is 1630. The standard InChI is InChI=1S/C33H27N3O6/c1-34-28(37)32-24-16-17-25(35(24)30(39)41-18-20-10-4-2-5-11-20)33(32,29(34)38)27-23-15-9-8-14-22(23)26(32)36(27)31(40)42-19-21-12-6-3-7-13-21/h2-17,24-27H,18-19H2,1H3/t24-,25+,26-,27+,32-,33+. The predicted molar refractivity (Wildman–Crippen MR) is 148 cm³/mol. The highest BCUT2D eigenvalue weighted by atomic mass is 16.6. The summed E-state index contributed by atoms with van der Waals surface area (Å²) in [4.78, 5) is 60.8. The lowest BCUT2D eigenvalue weighted by molar-refractivity contribution is -0.143. The van der Waals surface area contributed by atoms with Crippen LogP contribution in [-0.2, 0) is 32.3 Å². The molecule has 42 heavy (non-hydrogen) atoms. The second-order valence-electron chi connectivity index (χ2n) is 11.5. The van der Waals surface area contributed by atoms with Crippen LogP contribution in [0.2, 0.25) is 0 Å². The van der Waals surface area contributed by atoms with Crippen LogP contribution in [0.15, 0.2) is 97.1 Å². The number of benzene rings is 3. The maximum atomic E-state index is 14.4. The topological polar surface area (TPSA) is 96.5 Å². The lowest BCUT2D eigenvalue weighted by Gasteiger charge is -2.42. The largest absolute Gasteiger partial charge is 0.445 e. The second kappa shape index (κ2) is 8.55. The molecule has 0 saturated carbocycles. The first kappa shape index (κ1) is 24.8. The molecule has 3 aromatic rings. The van der Waals surface area contributed by atoms with Gasteiger partial charge in [-0.05, 0) is 22.3 Å². The molecule has 5 aliphatic heterocycles. The summed E-state index contributed by atoms with van der Waals surface area (Å²) in [5.74, 6) is -0.791. The van der Waals surface area contributed by atoms with Gasteiger partial charge in [0.25, 0.3) is 0 Å². The molecule has 9 nitrogen and oxygen atoms in total. The first-order valence-electron chi connectivity index (χ1n) is 14.0. The summed E-state index contributed by atoms with van der Waals surface area (Å²) in [5.41, 5.74) is 0.430. The SMILES string of the molecule is CN1C(=O)[C@@]23[C@@H]4C=C[C@@H](N4C(=O)OCc4ccccc4)[C@]2(C1=O)[C@H]1c2ccccc2[C@@H]3N1C(=O)OCc1ccccc1. The van der Waals surface area contributed by atoms with Gasteiger partial charge in [0, 0.05) is 7.05 Å². The molecule has 0 spiro atoms. The number of ether oxygens (including phenoxy) is 2. The van der Waals surface area contributed by atoms with E-state index >= 15 is 0 Å². The molecule has 3 fully saturated rings. The van der Waals surface area contributed by atoms with E-state index in [0.29, 0.717) is 0 Å². The zero-order valence-electron chi connectivity index (χ0n) is 22.8. The Morgan fingerprint density at radius 2 is 1.05 bits per heavy atom.